The molecule has 0 spiro atoms. The predicted octanol–water partition coefficient (Wildman–Crippen LogP) is 4.40. The molecule has 0 aliphatic carbocycles. The second-order valence-electron chi connectivity index (χ2n) is 7.43. The van der Waals surface area contributed by atoms with E-state index < -0.39 is 0 Å². The van der Waals surface area contributed by atoms with Crippen LogP contribution in [0.5, 0.6) is 0 Å². The number of aromatic nitrogens is 3. The molecule has 1 fully saturated rings. The average Bonchev–Trinajstić information content (AvgIpc) is 2.80. The van der Waals surface area contributed by atoms with E-state index in [-0.39, 0.29) is 11.9 Å². The molecule has 2 aromatic heterocycles. The van der Waals surface area contributed by atoms with Gasteiger partial charge in [-0.1, -0.05) is 24.3 Å². The largest absolute Gasteiger partial charge is 0.369 e. The summed E-state index contributed by atoms with van der Waals surface area (Å²) in [6, 6.07) is 17.0. The standard InChI is InChI=1S/C24H21FN4O/c25-20-6-2-1-5-19(20)22-13-26-14-23(28-22)24-16-29(10-11-30-24)15-17-7-8-21-18(12-17)4-3-9-27-21/h1-9,12-14,24H,10-11,15-16H2. The van der Waals surface area contributed by atoms with Crippen LogP contribution in [-0.2, 0) is 11.3 Å². The topological polar surface area (TPSA) is 51.1 Å². The molecule has 2 aromatic carbocycles. The van der Waals surface area contributed by atoms with Gasteiger partial charge in [0.25, 0.3) is 0 Å². The van der Waals surface area contributed by atoms with Crippen molar-refractivity contribution in [3.63, 3.8) is 0 Å². The van der Waals surface area contributed by atoms with E-state index in [2.05, 4.69) is 44.1 Å². The van der Waals surface area contributed by atoms with Crippen LogP contribution in [0.2, 0.25) is 0 Å². The van der Waals surface area contributed by atoms with Crippen LogP contribution in [-0.4, -0.2) is 39.5 Å². The third-order valence-corrected chi connectivity index (χ3v) is 5.36. The van der Waals surface area contributed by atoms with Gasteiger partial charge in [0.2, 0.25) is 0 Å². The van der Waals surface area contributed by atoms with Crippen LogP contribution in [0.1, 0.15) is 17.4 Å². The highest BCUT2D eigenvalue weighted by Crippen LogP contribution is 2.25. The minimum atomic E-state index is -0.305. The summed E-state index contributed by atoms with van der Waals surface area (Å²) in [7, 11) is 0. The number of fused-ring (bicyclic) bond motifs is 1. The molecular weight excluding hydrogens is 379 g/mol. The van der Waals surface area contributed by atoms with Gasteiger partial charge in [0.15, 0.2) is 0 Å². The van der Waals surface area contributed by atoms with Crippen molar-refractivity contribution in [1.82, 2.24) is 19.9 Å². The molecule has 1 unspecified atom stereocenters. The molecule has 150 valence electrons. The van der Waals surface area contributed by atoms with Crippen LogP contribution in [0.25, 0.3) is 22.2 Å². The maximum Gasteiger partial charge on any atom is 0.132 e. The highest BCUT2D eigenvalue weighted by Gasteiger charge is 2.24. The lowest BCUT2D eigenvalue weighted by molar-refractivity contribution is -0.0351. The molecule has 5 nitrogen and oxygen atoms in total. The Bertz CT molecular complexity index is 1180. The molecule has 0 amide bonds. The van der Waals surface area contributed by atoms with E-state index in [0.717, 1.165) is 29.7 Å². The fourth-order valence-electron chi connectivity index (χ4n) is 3.84. The van der Waals surface area contributed by atoms with Gasteiger partial charge in [-0.25, -0.2) is 9.37 Å². The number of ether oxygens (including phenoxy) is 1. The normalized spacial score (nSPS) is 17.3. The van der Waals surface area contributed by atoms with Gasteiger partial charge >= 0.3 is 0 Å². The Balaban J connectivity index is 1.34. The van der Waals surface area contributed by atoms with E-state index >= 15 is 0 Å². The molecule has 1 aliphatic heterocycles. The molecule has 1 saturated heterocycles. The highest BCUT2D eigenvalue weighted by molar-refractivity contribution is 5.78. The van der Waals surface area contributed by atoms with Crippen LogP contribution in [0.4, 0.5) is 4.39 Å². The number of morpholine rings is 1. The minimum Gasteiger partial charge on any atom is -0.369 e. The second-order valence-corrected chi connectivity index (χ2v) is 7.43. The van der Waals surface area contributed by atoms with Gasteiger partial charge in [-0.15, -0.1) is 0 Å². The van der Waals surface area contributed by atoms with Crippen LogP contribution >= 0.6 is 0 Å². The molecule has 1 aliphatic rings. The third-order valence-electron chi connectivity index (χ3n) is 5.36. The zero-order valence-corrected chi connectivity index (χ0v) is 16.4. The second kappa shape index (κ2) is 8.26. The monoisotopic (exact) mass is 400 g/mol. The molecule has 6 heteroatoms. The van der Waals surface area contributed by atoms with Crippen molar-refractivity contribution in [2.45, 2.75) is 12.6 Å². The maximum absolute atomic E-state index is 14.2. The van der Waals surface area contributed by atoms with E-state index in [9.17, 15) is 4.39 Å². The van der Waals surface area contributed by atoms with Crippen LogP contribution in [0, 0.1) is 5.82 Å². The Morgan fingerprint density at radius 1 is 1.07 bits per heavy atom. The Hall–Kier alpha value is -3.22. The molecule has 5 rings (SSSR count). The van der Waals surface area contributed by atoms with Crippen molar-refractivity contribution >= 4 is 10.9 Å². The number of benzene rings is 2. The number of rotatable bonds is 4. The van der Waals surface area contributed by atoms with Crippen LogP contribution < -0.4 is 0 Å². The fourth-order valence-corrected chi connectivity index (χ4v) is 3.84. The van der Waals surface area contributed by atoms with Crippen molar-refractivity contribution in [2.75, 3.05) is 19.7 Å². The molecule has 3 heterocycles. The third kappa shape index (κ3) is 3.92. The first kappa shape index (κ1) is 18.8. The van der Waals surface area contributed by atoms with Gasteiger partial charge in [0.1, 0.15) is 11.9 Å². The molecule has 0 saturated carbocycles. The van der Waals surface area contributed by atoms with Crippen LogP contribution in [0.3, 0.4) is 0 Å². The highest BCUT2D eigenvalue weighted by atomic mass is 19.1. The summed E-state index contributed by atoms with van der Waals surface area (Å²) in [6.45, 7) is 3.00. The van der Waals surface area contributed by atoms with Gasteiger partial charge < -0.3 is 4.74 Å². The van der Waals surface area contributed by atoms with E-state index in [1.165, 1.54) is 11.6 Å². The van der Waals surface area contributed by atoms with E-state index in [0.29, 0.717) is 24.4 Å². The quantitative estimate of drug-likeness (QED) is 0.508. The van der Waals surface area contributed by atoms with Gasteiger partial charge in [-0.2, -0.15) is 0 Å². The lowest BCUT2D eigenvalue weighted by Crippen LogP contribution is -2.38. The average molecular weight is 400 g/mol. The fraction of sp³-hybridized carbons (Fsp3) is 0.208. The van der Waals surface area contributed by atoms with E-state index in [1.54, 1.807) is 30.6 Å². The van der Waals surface area contributed by atoms with Crippen molar-refractivity contribution in [1.29, 1.82) is 0 Å². The lowest BCUT2D eigenvalue weighted by atomic mass is 10.1. The van der Waals surface area contributed by atoms with Crippen molar-refractivity contribution < 1.29 is 9.13 Å². The number of halogens is 1. The van der Waals surface area contributed by atoms with Gasteiger partial charge in [0.05, 0.1) is 35.9 Å². The Labute approximate surface area is 174 Å². The SMILES string of the molecule is Fc1ccccc1-c1cncc(C2CN(Cc3ccc4ncccc4c3)CCO2)n1. The van der Waals surface area contributed by atoms with Crippen molar-refractivity contribution in [2.24, 2.45) is 0 Å². The first-order valence-corrected chi connectivity index (χ1v) is 10.0. The molecule has 1 atom stereocenters. The van der Waals surface area contributed by atoms with Crippen molar-refractivity contribution in [3.05, 3.63) is 90.3 Å². The summed E-state index contributed by atoms with van der Waals surface area (Å²) < 4.78 is 20.1. The zero-order valence-electron chi connectivity index (χ0n) is 16.4. The lowest BCUT2D eigenvalue weighted by Gasteiger charge is -2.32. The summed E-state index contributed by atoms with van der Waals surface area (Å²) in [5.74, 6) is -0.305. The molecular formula is C24H21FN4O. The molecule has 0 radical (unpaired) electrons. The molecule has 4 aromatic rings. The first-order chi connectivity index (χ1) is 14.8. The Morgan fingerprint density at radius 3 is 2.93 bits per heavy atom. The summed E-state index contributed by atoms with van der Waals surface area (Å²) in [4.78, 5) is 15.7. The predicted molar refractivity (Wildman–Crippen MR) is 113 cm³/mol. The van der Waals surface area contributed by atoms with Crippen LogP contribution in [0.15, 0.2) is 73.2 Å². The molecule has 30 heavy (non-hydrogen) atoms. The summed E-state index contributed by atoms with van der Waals surface area (Å²) >= 11 is 0. The molecule has 0 N–H and O–H groups in total. The minimum absolute atomic E-state index is 0.194. The van der Waals surface area contributed by atoms with Crippen molar-refractivity contribution in [3.8, 4) is 11.3 Å². The summed E-state index contributed by atoms with van der Waals surface area (Å²) in [5, 5.41) is 1.14. The Morgan fingerprint density at radius 2 is 2.00 bits per heavy atom. The van der Waals surface area contributed by atoms with Gasteiger partial charge in [-0.3, -0.25) is 14.9 Å². The summed E-state index contributed by atoms with van der Waals surface area (Å²) in [5.41, 5.74) is 3.93. The zero-order chi connectivity index (χ0) is 20.3. The number of hydrogen-bond donors (Lipinski definition) is 0. The molecule has 0 bridgehead atoms. The smallest absolute Gasteiger partial charge is 0.132 e. The first-order valence-electron chi connectivity index (χ1n) is 10.0. The number of nitrogens with zero attached hydrogens (tertiary/aromatic N) is 4. The van der Waals surface area contributed by atoms with E-state index in [1.807, 2.05) is 12.3 Å². The number of hydrogen-bond acceptors (Lipinski definition) is 5. The Kier molecular flexibility index (Phi) is 5.17. The summed E-state index contributed by atoms with van der Waals surface area (Å²) in [6.07, 6.45) is 4.91. The van der Waals surface area contributed by atoms with Gasteiger partial charge in [-0.05, 0) is 35.9 Å². The van der Waals surface area contributed by atoms with Gasteiger partial charge in [0, 0.05) is 36.8 Å². The maximum atomic E-state index is 14.2. The van der Waals surface area contributed by atoms with E-state index in [4.69, 9.17) is 4.74 Å². The number of pyridine rings is 1.